The number of aliphatic carboxylic acids is 1. The van der Waals surface area contributed by atoms with Crippen molar-refractivity contribution in [2.45, 2.75) is 110 Å². The van der Waals surface area contributed by atoms with E-state index in [9.17, 15) is 4.79 Å². The molecule has 0 atom stereocenters. The maximum absolute atomic E-state index is 10.3. The second-order valence-electron chi connectivity index (χ2n) is 6.09. The SMILES string of the molecule is CCCCCCCCCCCCCCCCCC(=O)O.N.[CaH2]. The predicted molar refractivity (Wildman–Crippen MR) is 101 cm³/mol. The van der Waals surface area contributed by atoms with Gasteiger partial charge in [0.05, 0.1) is 0 Å². The summed E-state index contributed by atoms with van der Waals surface area (Å²) < 4.78 is 0. The third kappa shape index (κ3) is 25.6. The van der Waals surface area contributed by atoms with Gasteiger partial charge in [-0.15, -0.1) is 0 Å². The molecule has 132 valence electrons. The Balaban J connectivity index is -0.00000180. The Morgan fingerprint density at radius 3 is 1.18 bits per heavy atom. The molecule has 0 aliphatic rings. The van der Waals surface area contributed by atoms with Crippen molar-refractivity contribution in [1.29, 1.82) is 0 Å². The molecule has 0 spiro atoms. The first-order valence-electron chi connectivity index (χ1n) is 8.99. The summed E-state index contributed by atoms with van der Waals surface area (Å²) in [6.45, 7) is 2.27. The van der Waals surface area contributed by atoms with E-state index in [0.717, 1.165) is 12.8 Å². The van der Waals surface area contributed by atoms with Crippen molar-refractivity contribution >= 4 is 43.7 Å². The van der Waals surface area contributed by atoms with Crippen LogP contribution in [0.5, 0.6) is 0 Å². The van der Waals surface area contributed by atoms with Crippen molar-refractivity contribution in [2.24, 2.45) is 0 Å². The second-order valence-corrected chi connectivity index (χ2v) is 6.09. The Morgan fingerprint density at radius 2 is 0.909 bits per heavy atom. The van der Waals surface area contributed by atoms with Gasteiger partial charge in [-0.3, -0.25) is 4.79 Å². The zero-order valence-corrected chi connectivity index (χ0v) is 14.4. The molecule has 0 aliphatic heterocycles. The monoisotopic (exact) mass is 343 g/mol. The average Bonchev–Trinajstić information content (AvgIpc) is 2.43. The molecule has 0 saturated heterocycles. The van der Waals surface area contributed by atoms with Crippen LogP contribution in [0.15, 0.2) is 0 Å². The molecule has 0 saturated carbocycles. The van der Waals surface area contributed by atoms with Gasteiger partial charge in [0.2, 0.25) is 0 Å². The van der Waals surface area contributed by atoms with E-state index in [1.807, 2.05) is 0 Å². The van der Waals surface area contributed by atoms with Crippen molar-refractivity contribution in [2.75, 3.05) is 0 Å². The Kier molecular flexibility index (Phi) is 30.0. The van der Waals surface area contributed by atoms with E-state index in [-0.39, 0.29) is 43.9 Å². The van der Waals surface area contributed by atoms with Crippen LogP contribution in [0.3, 0.4) is 0 Å². The van der Waals surface area contributed by atoms with Crippen LogP contribution in [0.4, 0.5) is 0 Å². The predicted octanol–water partition coefficient (Wildman–Crippen LogP) is 5.58. The summed E-state index contributed by atoms with van der Waals surface area (Å²) in [5.41, 5.74) is 0. The fraction of sp³-hybridized carbons (Fsp3) is 0.944. The molecule has 0 radical (unpaired) electrons. The normalized spacial score (nSPS) is 9.86. The molecule has 0 aromatic heterocycles. The Morgan fingerprint density at radius 1 is 0.636 bits per heavy atom. The number of carboxylic acid groups (broad SMARTS) is 1. The van der Waals surface area contributed by atoms with Crippen LogP contribution in [0.25, 0.3) is 0 Å². The van der Waals surface area contributed by atoms with Gasteiger partial charge in [0.15, 0.2) is 0 Å². The molecule has 0 aliphatic carbocycles. The van der Waals surface area contributed by atoms with Gasteiger partial charge in [0, 0.05) is 6.42 Å². The van der Waals surface area contributed by atoms with E-state index in [2.05, 4.69) is 6.92 Å². The van der Waals surface area contributed by atoms with Crippen LogP contribution in [-0.2, 0) is 4.79 Å². The molecule has 0 fully saturated rings. The van der Waals surface area contributed by atoms with Gasteiger partial charge in [-0.25, -0.2) is 0 Å². The molecule has 0 aromatic carbocycles. The fourth-order valence-electron chi connectivity index (χ4n) is 2.65. The van der Waals surface area contributed by atoms with Crippen LogP contribution < -0.4 is 6.15 Å². The summed E-state index contributed by atoms with van der Waals surface area (Å²) in [6.07, 6.45) is 20.2. The third-order valence-electron chi connectivity index (χ3n) is 3.99. The van der Waals surface area contributed by atoms with Gasteiger partial charge in [0.1, 0.15) is 0 Å². The number of carboxylic acids is 1. The summed E-state index contributed by atoms with van der Waals surface area (Å²) in [5.74, 6) is -0.653. The summed E-state index contributed by atoms with van der Waals surface area (Å²) in [6, 6.07) is 0. The van der Waals surface area contributed by atoms with Gasteiger partial charge in [0.25, 0.3) is 0 Å². The molecule has 0 rings (SSSR count). The number of hydrogen-bond donors (Lipinski definition) is 2. The van der Waals surface area contributed by atoms with E-state index < -0.39 is 5.97 Å². The molecule has 4 heteroatoms. The molecule has 0 bridgehead atoms. The van der Waals surface area contributed by atoms with E-state index in [0.29, 0.717) is 6.42 Å². The van der Waals surface area contributed by atoms with E-state index in [4.69, 9.17) is 5.11 Å². The minimum atomic E-state index is -0.653. The summed E-state index contributed by atoms with van der Waals surface area (Å²) >= 11 is 0. The zero-order valence-electron chi connectivity index (χ0n) is 14.4. The zero-order chi connectivity index (χ0) is 14.9. The Labute approximate surface area is 168 Å². The van der Waals surface area contributed by atoms with Crippen LogP contribution in [0.2, 0.25) is 0 Å². The second kappa shape index (κ2) is 23.9. The van der Waals surface area contributed by atoms with Gasteiger partial charge in [-0.05, 0) is 6.42 Å². The van der Waals surface area contributed by atoms with Crippen molar-refractivity contribution in [3.63, 3.8) is 0 Å². The number of hydrogen-bond acceptors (Lipinski definition) is 2. The van der Waals surface area contributed by atoms with E-state index >= 15 is 0 Å². The first-order valence-corrected chi connectivity index (χ1v) is 8.99. The van der Waals surface area contributed by atoms with Gasteiger partial charge in [-0.2, -0.15) is 0 Å². The van der Waals surface area contributed by atoms with Gasteiger partial charge < -0.3 is 11.3 Å². The molecule has 3 nitrogen and oxygen atoms in total. The van der Waals surface area contributed by atoms with E-state index in [1.54, 1.807) is 0 Å². The fourth-order valence-corrected chi connectivity index (χ4v) is 2.65. The Hall–Kier alpha value is 0.690. The minimum absolute atomic E-state index is 0. The topological polar surface area (TPSA) is 72.3 Å². The quantitative estimate of drug-likeness (QED) is 0.284. The van der Waals surface area contributed by atoms with Crippen molar-refractivity contribution in [3.8, 4) is 0 Å². The standard InChI is InChI=1S/C18H36O2.Ca.H3N.2H/c1-2-3-4-5-6-7-8-9-10-11-12-13-14-15-16-17-18(19)20;;;;/h2-17H2,1H3,(H,19,20);;1H3;;. The number of rotatable bonds is 16. The molecular formula is C18H41CaNO2. The van der Waals surface area contributed by atoms with Crippen LogP contribution >= 0.6 is 0 Å². The summed E-state index contributed by atoms with van der Waals surface area (Å²) in [7, 11) is 0. The number of carbonyl (C=O) groups is 1. The summed E-state index contributed by atoms with van der Waals surface area (Å²) in [4.78, 5) is 10.3. The van der Waals surface area contributed by atoms with Crippen molar-refractivity contribution < 1.29 is 9.90 Å². The van der Waals surface area contributed by atoms with Crippen LogP contribution in [0.1, 0.15) is 110 Å². The first-order chi connectivity index (χ1) is 9.77. The van der Waals surface area contributed by atoms with E-state index in [1.165, 1.54) is 83.5 Å². The van der Waals surface area contributed by atoms with Gasteiger partial charge >= 0.3 is 43.7 Å². The van der Waals surface area contributed by atoms with Crippen LogP contribution in [0, 0.1) is 0 Å². The molecule has 0 unspecified atom stereocenters. The van der Waals surface area contributed by atoms with Crippen molar-refractivity contribution in [3.05, 3.63) is 0 Å². The first kappa shape index (κ1) is 27.5. The molecule has 22 heavy (non-hydrogen) atoms. The number of unbranched alkanes of at least 4 members (excludes halogenated alkanes) is 14. The molecule has 0 aromatic rings. The average molecular weight is 344 g/mol. The molecule has 4 N–H and O–H groups in total. The summed E-state index contributed by atoms with van der Waals surface area (Å²) in [5, 5.41) is 8.52. The molecular weight excluding hydrogens is 302 g/mol. The third-order valence-corrected chi connectivity index (χ3v) is 3.99. The van der Waals surface area contributed by atoms with Crippen LogP contribution in [-0.4, -0.2) is 48.8 Å². The molecule has 0 heterocycles. The molecule has 0 amide bonds. The Bertz CT molecular complexity index is 213. The maximum atomic E-state index is 10.3. The van der Waals surface area contributed by atoms with Crippen molar-refractivity contribution in [1.82, 2.24) is 6.15 Å². The van der Waals surface area contributed by atoms with Gasteiger partial charge in [-0.1, -0.05) is 96.8 Å².